The van der Waals surface area contributed by atoms with Crippen molar-refractivity contribution in [3.63, 3.8) is 0 Å². The second kappa shape index (κ2) is 4.89. The molecule has 1 aliphatic heterocycles. The van der Waals surface area contributed by atoms with Gasteiger partial charge in [-0.2, -0.15) is 0 Å². The number of aromatic amines is 2. The van der Waals surface area contributed by atoms with Crippen LogP contribution >= 0.6 is 0 Å². The summed E-state index contributed by atoms with van der Waals surface area (Å²) in [7, 11) is 0. The van der Waals surface area contributed by atoms with Gasteiger partial charge in [0.2, 0.25) is 5.91 Å². The Morgan fingerprint density at radius 3 is 2.89 bits per heavy atom. The summed E-state index contributed by atoms with van der Waals surface area (Å²) < 4.78 is 0. The molecule has 4 N–H and O–H groups in total. The Morgan fingerprint density at radius 2 is 2.11 bits per heavy atom. The average Bonchev–Trinajstić information content (AvgIpc) is 2.79. The molecule has 0 radical (unpaired) electrons. The molecule has 1 saturated heterocycles. The Balaban J connectivity index is 1.76. The van der Waals surface area contributed by atoms with Gasteiger partial charge in [-0.05, 0) is 37.6 Å². The Hall–Kier alpha value is -2.08. The Morgan fingerprint density at radius 1 is 1.26 bits per heavy atom. The summed E-state index contributed by atoms with van der Waals surface area (Å²) in [6, 6.07) is 5.34. The number of carbonyl (C=O) groups is 1. The van der Waals surface area contributed by atoms with Crippen molar-refractivity contribution in [2.75, 3.05) is 18.4 Å². The van der Waals surface area contributed by atoms with Gasteiger partial charge in [0.25, 0.3) is 0 Å². The summed E-state index contributed by atoms with van der Waals surface area (Å²) in [5.74, 6) is 0.0548. The van der Waals surface area contributed by atoms with E-state index in [0.717, 1.165) is 31.4 Å². The SMILES string of the molecule is O=C(Nc1ccc2[nH]c(=O)[nH]c2c1)[C@H]1CCCNC1. The first-order valence-electron chi connectivity index (χ1n) is 6.46. The molecule has 0 aliphatic carbocycles. The van der Waals surface area contributed by atoms with Gasteiger partial charge in [-0.15, -0.1) is 0 Å². The molecule has 3 rings (SSSR count). The molecule has 0 unspecified atom stereocenters. The van der Waals surface area contributed by atoms with Crippen molar-refractivity contribution in [3.8, 4) is 0 Å². The van der Waals surface area contributed by atoms with Crippen LogP contribution in [-0.2, 0) is 4.79 Å². The molecule has 6 heteroatoms. The van der Waals surface area contributed by atoms with Crippen LogP contribution in [0.15, 0.2) is 23.0 Å². The van der Waals surface area contributed by atoms with Crippen LogP contribution in [0.2, 0.25) is 0 Å². The number of H-pyrrole nitrogens is 2. The third kappa shape index (κ3) is 2.53. The molecule has 6 nitrogen and oxygen atoms in total. The minimum atomic E-state index is -0.241. The predicted molar refractivity (Wildman–Crippen MR) is 73.1 cm³/mol. The molecule has 0 bridgehead atoms. The summed E-state index contributed by atoms with van der Waals surface area (Å²) in [5, 5.41) is 6.12. The lowest BCUT2D eigenvalue weighted by atomic mass is 9.99. The van der Waals surface area contributed by atoms with Crippen molar-refractivity contribution in [1.29, 1.82) is 0 Å². The molecule has 0 saturated carbocycles. The molecular weight excluding hydrogens is 244 g/mol. The normalized spacial score (nSPS) is 19.5. The second-order valence-electron chi connectivity index (χ2n) is 4.87. The zero-order valence-corrected chi connectivity index (χ0v) is 10.5. The zero-order chi connectivity index (χ0) is 13.2. The van der Waals surface area contributed by atoms with Crippen LogP contribution in [0.4, 0.5) is 5.69 Å². The van der Waals surface area contributed by atoms with Gasteiger partial charge >= 0.3 is 5.69 Å². The van der Waals surface area contributed by atoms with E-state index in [0.29, 0.717) is 11.2 Å². The third-order valence-electron chi connectivity index (χ3n) is 3.45. The highest BCUT2D eigenvalue weighted by atomic mass is 16.2. The molecule has 1 atom stereocenters. The summed E-state index contributed by atoms with van der Waals surface area (Å²) >= 11 is 0. The summed E-state index contributed by atoms with van der Waals surface area (Å²) in [4.78, 5) is 28.6. The van der Waals surface area contributed by atoms with E-state index in [1.807, 2.05) is 0 Å². The fourth-order valence-electron chi connectivity index (χ4n) is 2.43. The van der Waals surface area contributed by atoms with Crippen molar-refractivity contribution in [1.82, 2.24) is 15.3 Å². The zero-order valence-electron chi connectivity index (χ0n) is 10.5. The highest BCUT2D eigenvalue weighted by molar-refractivity contribution is 5.94. The van der Waals surface area contributed by atoms with Gasteiger partial charge in [-0.3, -0.25) is 4.79 Å². The molecule has 0 spiro atoms. The lowest BCUT2D eigenvalue weighted by Crippen LogP contribution is -2.37. The fraction of sp³-hybridized carbons (Fsp3) is 0.385. The maximum absolute atomic E-state index is 12.1. The number of anilines is 1. The number of benzene rings is 1. The van der Waals surface area contributed by atoms with Gasteiger partial charge in [-0.25, -0.2) is 4.79 Å². The van der Waals surface area contributed by atoms with Gasteiger partial charge in [-0.1, -0.05) is 0 Å². The summed E-state index contributed by atoms with van der Waals surface area (Å²) in [6.07, 6.45) is 1.95. The number of nitrogens with one attached hydrogen (secondary N) is 4. The lowest BCUT2D eigenvalue weighted by molar-refractivity contribution is -0.120. The van der Waals surface area contributed by atoms with Crippen molar-refractivity contribution >= 4 is 22.6 Å². The van der Waals surface area contributed by atoms with Crippen molar-refractivity contribution in [2.24, 2.45) is 5.92 Å². The first-order valence-corrected chi connectivity index (χ1v) is 6.46. The number of aromatic nitrogens is 2. The molecule has 1 fully saturated rings. The highest BCUT2D eigenvalue weighted by Gasteiger charge is 2.20. The molecule has 1 aromatic carbocycles. The number of piperidine rings is 1. The molecule has 1 amide bonds. The topological polar surface area (TPSA) is 89.8 Å². The van der Waals surface area contributed by atoms with Crippen LogP contribution in [0, 0.1) is 5.92 Å². The number of hydrogen-bond donors (Lipinski definition) is 4. The number of rotatable bonds is 2. The summed E-state index contributed by atoms with van der Waals surface area (Å²) in [5.41, 5.74) is 1.90. The first kappa shape index (κ1) is 12.0. The smallest absolute Gasteiger partial charge is 0.323 e. The van der Waals surface area contributed by atoms with E-state index < -0.39 is 0 Å². The maximum Gasteiger partial charge on any atom is 0.323 e. The second-order valence-corrected chi connectivity index (χ2v) is 4.87. The van der Waals surface area contributed by atoms with Crippen molar-refractivity contribution in [3.05, 3.63) is 28.7 Å². The fourth-order valence-corrected chi connectivity index (χ4v) is 2.43. The van der Waals surface area contributed by atoms with Gasteiger partial charge in [0, 0.05) is 12.2 Å². The van der Waals surface area contributed by atoms with Crippen LogP contribution in [-0.4, -0.2) is 29.0 Å². The molecule has 1 aliphatic rings. The molecule has 2 aromatic rings. The molecule has 2 heterocycles. The number of amides is 1. The Bertz CT molecular complexity index is 652. The minimum Gasteiger partial charge on any atom is -0.326 e. The third-order valence-corrected chi connectivity index (χ3v) is 3.45. The van der Waals surface area contributed by atoms with E-state index in [-0.39, 0.29) is 17.5 Å². The minimum absolute atomic E-state index is 0.0229. The number of imidazole rings is 1. The van der Waals surface area contributed by atoms with Crippen molar-refractivity contribution in [2.45, 2.75) is 12.8 Å². The van der Waals surface area contributed by atoms with Gasteiger partial charge in [0.15, 0.2) is 0 Å². The van der Waals surface area contributed by atoms with Gasteiger partial charge in [0.05, 0.1) is 17.0 Å². The quantitative estimate of drug-likeness (QED) is 0.643. The predicted octanol–water partition coefficient (Wildman–Crippen LogP) is 0.794. The molecular formula is C13H16N4O2. The van der Waals surface area contributed by atoms with Crippen LogP contribution < -0.4 is 16.3 Å². The van der Waals surface area contributed by atoms with Gasteiger partial charge in [0.1, 0.15) is 0 Å². The molecule has 19 heavy (non-hydrogen) atoms. The number of fused-ring (bicyclic) bond motifs is 1. The standard InChI is InChI=1S/C13H16N4O2/c18-12(8-2-1-5-14-7-8)15-9-3-4-10-11(6-9)17-13(19)16-10/h3-4,6,8,14H,1-2,5,7H2,(H,15,18)(H2,16,17,19)/t8-/m0/s1. The summed E-state index contributed by atoms with van der Waals surface area (Å²) in [6.45, 7) is 1.72. The van der Waals surface area contributed by atoms with E-state index in [1.165, 1.54) is 0 Å². The first-order chi connectivity index (χ1) is 9.22. The number of carbonyl (C=O) groups excluding carboxylic acids is 1. The van der Waals surface area contributed by atoms with E-state index >= 15 is 0 Å². The highest BCUT2D eigenvalue weighted by Crippen LogP contribution is 2.17. The van der Waals surface area contributed by atoms with Crippen LogP contribution in [0.1, 0.15) is 12.8 Å². The largest absolute Gasteiger partial charge is 0.326 e. The Labute approximate surface area is 109 Å². The number of hydrogen-bond acceptors (Lipinski definition) is 3. The maximum atomic E-state index is 12.1. The van der Waals surface area contributed by atoms with E-state index in [4.69, 9.17) is 0 Å². The monoisotopic (exact) mass is 260 g/mol. The molecule has 1 aromatic heterocycles. The van der Waals surface area contributed by atoms with E-state index in [1.54, 1.807) is 18.2 Å². The average molecular weight is 260 g/mol. The van der Waals surface area contributed by atoms with Crippen molar-refractivity contribution < 1.29 is 4.79 Å². The van der Waals surface area contributed by atoms with Crippen LogP contribution in [0.5, 0.6) is 0 Å². The Kier molecular flexibility index (Phi) is 3.08. The lowest BCUT2D eigenvalue weighted by Gasteiger charge is -2.21. The molecule has 100 valence electrons. The van der Waals surface area contributed by atoms with Gasteiger partial charge < -0.3 is 20.6 Å². The van der Waals surface area contributed by atoms with E-state index in [2.05, 4.69) is 20.6 Å². The van der Waals surface area contributed by atoms with Crippen LogP contribution in [0.25, 0.3) is 11.0 Å². The van der Waals surface area contributed by atoms with Crippen LogP contribution in [0.3, 0.4) is 0 Å². The van der Waals surface area contributed by atoms with E-state index in [9.17, 15) is 9.59 Å².